The first kappa shape index (κ1) is 18.2. The minimum atomic E-state index is -0.429. The zero-order chi connectivity index (χ0) is 16.8. The van der Waals surface area contributed by atoms with Gasteiger partial charge in [-0.2, -0.15) is 0 Å². The summed E-state index contributed by atoms with van der Waals surface area (Å²) in [5, 5.41) is 14.8. The molecule has 124 valence electrons. The van der Waals surface area contributed by atoms with Crippen molar-refractivity contribution in [1.29, 1.82) is 0 Å². The van der Waals surface area contributed by atoms with Gasteiger partial charge in [0.2, 0.25) is 0 Å². The molecule has 5 nitrogen and oxygen atoms in total. The van der Waals surface area contributed by atoms with Gasteiger partial charge < -0.3 is 20.5 Å². The molecule has 1 aromatic carbocycles. The van der Waals surface area contributed by atoms with Crippen molar-refractivity contribution in [3.63, 3.8) is 0 Å². The molecular formula is C16H25FN2O3. The van der Waals surface area contributed by atoms with E-state index in [4.69, 9.17) is 4.74 Å². The van der Waals surface area contributed by atoms with E-state index in [2.05, 4.69) is 10.6 Å². The molecule has 0 saturated heterocycles. The molecule has 1 aromatic rings. The first-order chi connectivity index (χ1) is 10.2. The Morgan fingerprint density at radius 1 is 1.45 bits per heavy atom. The summed E-state index contributed by atoms with van der Waals surface area (Å²) in [6, 6.07) is 3.55. The average Bonchev–Trinajstić information content (AvgIpc) is 2.39. The summed E-state index contributed by atoms with van der Waals surface area (Å²) in [5.74, 6) is -0.131. The van der Waals surface area contributed by atoms with E-state index in [-0.39, 0.29) is 5.41 Å². The first-order valence-electron chi connectivity index (χ1n) is 7.39. The predicted octanol–water partition coefficient (Wildman–Crippen LogP) is 3.14. The molecule has 1 unspecified atom stereocenters. The van der Waals surface area contributed by atoms with E-state index in [0.717, 1.165) is 0 Å². The van der Waals surface area contributed by atoms with Gasteiger partial charge in [-0.3, -0.25) is 0 Å². The van der Waals surface area contributed by atoms with Crippen molar-refractivity contribution < 1.29 is 19.0 Å². The number of aliphatic hydroxyl groups excluding tert-OH is 1. The number of halogens is 1. The number of anilines is 1. The summed E-state index contributed by atoms with van der Waals surface area (Å²) in [6.07, 6.45) is 0.148. The molecule has 0 heterocycles. The summed E-state index contributed by atoms with van der Waals surface area (Å²) < 4.78 is 18.5. The molecule has 0 saturated carbocycles. The van der Waals surface area contributed by atoms with E-state index in [1.807, 2.05) is 13.8 Å². The maximum absolute atomic E-state index is 13.2. The highest BCUT2D eigenvalue weighted by Crippen LogP contribution is 2.25. The van der Waals surface area contributed by atoms with Gasteiger partial charge in [0.05, 0.1) is 18.4 Å². The lowest BCUT2D eigenvalue weighted by Gasteiger charge is -2.26. The van der Waals surface area contributed by atoms with Crippen LogP contribution in [0.2, 0.25) is 0 Å². The number of benzene rings is 1. The number of amides is 2. The lowest BCUT2D eigenvalue weighted by molar-refractivity contribution is 0.129. The highest BCUT2D eigenvalue weighted by Gasteiger charge is 2.21. The molecule has 1 rings (SSSR count). The second-order valence-corrected chi connectivity index (χ2v) is 6.10. The van der Waals surface area contributed by atoms with Crippen molar-refractivity contribution in [2.75, 3.05) is 18.5 Å². The van der Waals surface area contributed by atoms with Crippen molar-refractivity contribution >= 4 is 11.7 Å². The molecular weight excluding hydrogens is 287 g/mol. The predicted molar refractivity (Wildman–Crippen MR) is 84.7 cm³/mol. The van der Waals surface area contributed by atoms with Gasteiger partial charge in [0.1, 0.15) is 11.6 Å². The van der Waals surface area contributed by atoms with Crippen molar-refractivity contribution in [2.24, 2.45) is 5.41 Å². The Bertz CT molecular complexity index is 504. The number of hydrogen-bond donors (Lipinski definition) is 3. The standard InChI is InChI=1S/C16H25FN2O3/c1-5-22-14-8-12(17)6-7-13(14)19-15(21)18-10-16(3,4)9-11(2)20/h6-8,11,20H,5,9-10H2,1-4H3,(H2,18,19,21). The van der Waals surface area contributed by atoms with Crippen molar-refractivity contribution in [3.05, 3.63) is 24.0 Å². The fraction of sp³-hybridized carbons (Fsp3) is 0.562. The Morgan fingerprint density at radius 2 is 2.14 bits per heavy atom. The van der Waals surface area contributed by atoms with Gasteiger partial charge >= 0.3 is 6.03 Å². The van der Waals surface area contributed by atoms with Crippen molar-refractivity contribution in [1.82, 2.24) is 5.32 Å². The minimum absolute atomic E-state index is 0.225. The summed E-state index contributed by atoms with van der Waals surface area (Å²) in [5.41, 5.74) is 0.186. The van der Waals surface area contributed by atoms with E-state index >= 15 is 0 Å². The van der Waals surface area contributed by atoms with Crippen LogP contribution < -0.4 is 15.4 Å². The Labute approximate surface area is 130 Å². The molecule has 0 spiro atoms. The van der Waals surface area contributed by atoms with E-state index in [1.165, 1.54) is 18.2 Å². The van der Waals surface area contributed by atoms with Crippen LogP contribution in [0.5, 0.6) is 5.75 Å². The normalized spacial score (nSPS) is 12.6. The van der Waals surface area contributed by atoms with Crippen LogP contribution in [0, 0.1) is 11.2 Å². The smallest absolute Gasteiger partial charge is 0.319 e. The molecule has 1 atom stereocenters. The minimum Gasteiger partial charge on any atom is -0.492 e. The molecule has 0 aliphatic heterocycles. The van der Waals surface area contributed by atoms with Crippen LogP contribution in [0.3, 0.4) is 0 Å². The molecule has 0 radical (unpaired) electrons. The lowest BCUT2D eigenvalue weighted by Crippen LogP contribution is -2.38. The maximum Gasteiger partial charge on any atom is 0.319 e. The fourth-order valence-electron chi connectivity index (χ4n) is 2.23. The highest BCUT2D eigenvalue weighted by molar-refractivity contribution is 5.90. The highest BCUT2D eigenvalue weighted by atomic mass is 19.1. The SMILES string of the molecule is CCOc1cc(F)ccc1NC(=O)NCC(C)(C)CC(C)O. The summed E-state index contributed by atoms with van der Waals surface area (Å²) in [6.45, 7) is 8.21. The lowest BCUT2D eigenvalue weighted by atomic mass is 9.87. The number of urea groups is 1. The van der Waals surface area contributed by atoms with E-state index in [9.17, 15) is 14.3 Å². The second-order valence-electron chi connectivity index (χ2n) is 6.10. The van der Waals surface area contributed by atoms with Crippen molar-refractivity contribution in [3.8, 4) is 5.75 Å². The van der Waals surface area contributed by atoms with Crippen LogP contribution in [0.25, 0.3) is 0 Å². The molecule has 6 heteroatoms. The van der Waals surface area contributed by atoms with E-state index < -0.39 is 18.0 Å². The third-order valence-corrected chi connectivity index (χ3v) is 3.07. The van der Waals surface area contributed by atoms with Gasteiger partial charge in [0.15, 0.2) is 0 Å². The zero-order valence-corrected chi connectivity index (χ0v) is 13.6. The zero-order valence-electron chi connectivity index (χ0n) is 13.6. The molecule has 22 heavy (non-hydrogen) atoms. The summed E-state index contributed by atoms with van der Waals surface area (Å²) in [4.78, 5) is 12.0. The van der Waals surface area contributed by atoms with Gasteiger partial charge in [-0.25, -0.2) is 9.18 Å². The average molecular weight is 312 g/mol. The Kier molecular flexibility index (Phi) is 6.61. The third-order valence-electron chi connectivity index (χ3n) is 3.07. The molecule has 0 bridgehead atoms. The topological polar surface area (TPSA) is 70.6 Å². The molecule has 3 N–H and O–H groups in total. The van der Waals surface area contributed by atoms with Gasteiger partial charge in [0.25, 0.3) is 0 Å². The van der Waals surface area contributed by atoms with Gasteiger partial charge in [-0.15, -0.1) is 0 Å². The van der Waals surface area contributed by atoms with Crippen molar-refractivity contribution in [2.45, 2.75) is 40.2 Å². The number of hydrogen-bond acceptors (Lipinski definition) is 3. The van der Waals surface area contributed by atoms with E-state index in [0.29, 0.717) is 31.0 Å². The first-order valence-corrected chi connectivity index (χ1v) is 7.39. The molecule has 0 aliphatic rings. The number of aliphatic hydroxyl groups is 1. The Morgan fingerprint density at radius 3 is 2.73 bits per heavy atom. The molecule has 0 aliphatic carbocycles. The second kappa shape index (κ2) is 7.98. The molecule has 2 amide bonds. The van der Waals surface area contributed by atoms with E-state index in [1.54, 1.807) is 13.8 Å². The number of rotatable bonds is 7. The van der Waals surface area contributed by atoms with Gasteiger partial charge in [-0.1, -0.05) is 13.8 Å². The van der Waals surface area contributed by atoms with Gasteiger partial charge in [-0.05, 0) is 37.8 Å². The third kappa shape index (κ3) is 6.30. The largest absolute Gasteiger partial charge is 0.492 e. The van der Waals surface area contributed by atoms with Crippen LogP contribution in [0.1, 0.15) is 34.1 Å². The quantitative estimate of drug-likeness (QED) is 0.724. The Balaban J connectivity index is 2.62. The summed E-state index contributed by atoms with van der Waals surface area (Å²) in [7, 11) is 0. The van der Waals surface area contributed by atoms with Crippen LogP contribution in [0.4, 0.5) is 14.9 Å². The number of carbonyl (C=O) groups excluding carboxylic acids is 1. The van der Waals surface area contributed by atoms with Crippen LogP contribution in [-0.4, -0.2) is 30.4 Å². The van der Waals surface area contributed by atoms with Crippen LogP contribution in [0.15, 0.2) is 18.2 Å². The fourth-order valence-corrected chi connectivity index (χ4v) is 2.23. The maximum atomic E-state index is 13.2. The molecule has 0 aromatic heterocycles. The monoisotopic (exact) mass is 312 g/mol. The number of ether oxygens (including phenoxy) is 1. The van der Waals surface area contributed by atoms with Gasteiger partial charge in [0, 0.05) is 12.6 Å². The summed E-state index contributed by atoms with van der Waals surface area (Å²) >= 11 is 0. The van der Waals surface area contributed by atoms with Crippen LogP contribution in [-0.2, 0) is 0 Å². The molecule has 0 fully saturated rings. The van der Waals surface area contributed by atoms with Crippen LogP contribution >= 0.6 is 0 Å². The Hall–Kier alpha value is -1.82. The number of nitrogens with one attached hydrogen (secondary N) is 2. The number of carbonyl (C=O) groups is 1.